The molecule has 74 valence electrons. The average Bonchev–Trinajstić information content (AvgIpc) is 2.03. The lowest BCUT2D eigenvalue weighted by molar-refractivity contribution is -0.132. The fourth-order valence-electron chi connectivity index (χ4n) is 0.574. The fraction of sp³-hybridized carbons (Fsp3) is 0.500. The first-order valence-corrected chi connectivity index (χ1v) is 3.83. The molecular weight excluding hydrogens is 174 g/mol. The van der Waals surface area contributed by atoms with Crippen molar-refractivity contribution in [3.05, 3.63) is 11.3 Å². The Morgan fingerprint density at radius 1 is 1.38 bits per heavy atom. The van der Waals surface area contributed by atoms with Gasteiger partial charge < -0.3 is 9.84 Å². The number of hydrogen-bond acceptors (Lipinski definition) is 3. The topological polar surface area (TPSA) is 75.6 Å². The van der Waals surface area contributed by atoms with E-state index in [1.54, 1.807) is 6.92 Å². The predicted molar refractivity (Wildman–Crippen MR) is 46.2 cm³/mol. The highest BCUT2D eigenvalue weighted by molar-refractivity contribution is 5.87. The van der Waals surface area contributed by atoms with Crippen molar-refractivity contribution in [1.82, 2.24) is 5.32 Å². The second-order valence-corrected chi connectivity index (χ2v) is 2.40. The molecule has 13 heavy (non-hydrogen) atoms. The van der Waals surface area contributed by atoms with E-state index in [1.165, 1.54) is 13.8 Å². The van der Waals surface area contributed by atoms with Gasteiger partial charge >= 0.3 is 12.1 Å². The number of carboxylic acids is 1. The number of carbonyl (C=O) groups excluding carboxylic acids is 1. The molecule has 0 aromatic carbocycles. The largest absolute Gasteiger partial charge is 0.478 e. The van der Waals surface area contributed by atoms with Crippen molar-refractivity contribution in [3.63, 3.8) is 0 Å². The number of amides is 1. The zero-order chi connectivity index (χ0) is 10.4. The van der Waals surface area contributed by atoms with Gasteiger partial charge in [-0.25, -0.2) is 9.59 Å². The van der Waals surface area contributed by atoms with E-state index in [0.29, 0.717) is 0 Å². The number of carboxylic acid groups (broad SMARTS) is 1. The third kappa shape index (κ3) is 4.15. The smallest absolute Gasteiger partial charge is 0.411 e. The first-order valence-electron chi connectivity index (χ1n) is 3.83. The van der Waals surface area contributed by atoms with Crippen LogP contribution in [0.25, 0.3) is 0 Å². The van der Waals surface area contributed by atoms with Crippen LogP contribution in [0.15, 0.2) is 11.3 Å². The molecule has 0 unspecified atom stereocenters. The van der Waals surface area contributed by atoms with E-state index in [4.69, 9.17) is 5.11 Å². The lowest BCUT2D eigenvalue weighted by Crippen LogP contribution is -2.24. The van der Waals surface area contributed by atoms with Crippen LogP contribution in [0, 0.1) is 0 Å². The van der Waals surface area contributed by atoms with E-state index in [0.717, 1.165) is 0 Å². The molecule has 0 radical (unpaired) electrons. The number of ether oxygens (including phenoxy) is 1. The summed E-state index contributed by atoms with van der Waals surface area (Å²) in [5.41, 5.74) is 0.374. The first kappa shape index (κ1) is 11.5. The van der Waals surface area contributed by atoms with Crippen LogP contribution in [-0.4, -0.2) is 23.8 Å². The molecule has 0 aliphatic heterocycles. The summed E-state index contributed by atoms with van der Waals surface area (Å²) in [4.78, 5) is 21.3. The van der Waals surface area contributed by atoms with E-state index in [1.807, 2.05) is 0 Å². The standard InChI is InChI=1S/C8H13NO4/c1-4-13-8(12)9-6(3)5(2)7(10)11/h4H2,1-3H3,(H,9,12)(H,10,11). The number of allylic oxidation sites excluding steroid dienone is 1. The summed E-state index contributed by atoms with van der Waals surface area (Å²) in [6, 6.07) is 0. The molecule has 0 fully saturated rings. The van der Waals surface area contributed by atoms with Gasteiger partial charge in [0.15, 0.2) is 0 Å². The van der Waals surface area contributed by atoms with Gasteiger partial charge in [0.2, 0.25) is 0 Å². The average molecular weight is 187 g/mol. The minimum atomic E-state index is -1.06. The zero-order valence-corrected chi connectivity index (χ0v) is 7.88. The molecule has 5 heteroatoms. The van der Waals surface area contributed by atoms with E-state index >= 15 is 0 Å². The Morgan fingerprint density at radius 2 is 1.92 bits per heavy atom. The highest BCUT2D eigenvalue weighted by atomic mass is 16.5. The molecule has 0 atom stereocenters. The lowest BCUT2D eigenvalue weighted by atomic mass is 10.2. The Bertz CT molecular complexity index is 245. The summed E-state index contributed by atoms with van der Waals surface area (Å²) in [5, 5.41) is 10.8. The third-order valence-electron chi connectivity index (χ3n) is 1.45. The predicted octanol–water partition coefficient (Wildman–Crippen LogP) is 1.11. The zero-order valence-electron chi connectivity index (χ0n) is 7.88. The van der Waals surface area contributed by atoms with E-state index in [2.05, 4.69) is 10.1 Å². The van der Waals surface area contributed by atoms with Crippen molar-refractivity contribution in [2.75, 3.05) is 6.61 Å². The van der Waals surface area contributed by atoms with Gasteiger partial charge in [0.05, 0.1) is 12.2 Å². The maximum absolute atomic E-state index is 10.8. The first-order chi connectivity index (χ1) is 5.99. The molecular formula is C8H13NO4. The fourth-order valence-corrected chi connectivity index (χ4v) is 0.574. The molecule has 2 N–H and O–H groups in total. The SMILES string of the molecule is CCOC(=O)NC(C)=C(C)C(=O)O. The molecule has 0 saturated heterocycles. The van der Waals surface area contributed by atoms with Gasteiger partial charge in [0.1, 0.15) is 0 Å². The molecule has 5 nitrogen and oxygen atoms in total. The highest BCUT2D eigenvalue weighted by Crippen LogP contribution is 1.99. The Labute approximate surface area is 76.4 Å². The summed E-state index contributed by atoms with van der Waals surface area (Å²) < 4.78 is 4.57. The van der Waals surface area contributed by atoms with Crippen molar-refractivity contribution in [2.45, 2.75) is 20.8 Å². The second-order valence-electron chi connectivity index (χ2n) is 2.40. The molecule has 0 aliphatic carbocycles. The number of nitrogens with one attached hydrogen (secondary N) is 1. The Kier molecular flexibility index (Phi) is 4.58. The van der Waals surface area contributed by atoms with Gasteiger partial charge in [-0.1, -0.05) is 0 Å². The Morgan fingerprint density at radius 3 is 2.31 bits per heavy atom. The third-order valence-corrected chi connectivity index (χ3v) is 1.45. The molecule has 0 aromatic rings. The quantitative estimate of drug-likeness (QED) is 0.649. The molecule has 0 spiro atoms. The second kappa shape index (κ2) is 5.18. The molecule has 0 aliphatic rings. The van der Waals surface area contributed by atoms with Crippen LogP contribution < -0.4 is 5.32 Å². The van der Waals surface area contributed by atoms with Gasteiger partial charge in [-0.05, 0) is 20.8 Å². The molecule has 0 saturated carbocycles. The number of hydrogen-bond donors (Lipinski definition) is 2. The van der Waals surface area contributed by atoms with Crippen LogP contribution in [0.1, 0.15) is 20.8 Å². The van der Waals surface area contributed by atoms with Gasteiger partial charge in [-0.15, -0.1) is 0 Å². The molecule has 0 bridgehead atoms. The van der Waals surface area contributed by atoms with Crippen molar-refractivity contribution in [2.24, 2.45) is 0 Å². The Balaban J connectivity index is 4.28. The number of rotatable bonds is 3. The van der Waals surface area contributed by atoms with Crippen molar-refractivity contribution in [3.8, 4) is 0 Å². The lowest BCUT2D eigenvalue weighted by Gasteiger charge is -2.06. The van der Waals surface area contributed by atoms with E-state index < -0.39 is 12.1 Å². The van der Waals surface area contributed by atoms with Crippen molar-refractivity contribution >= 4 is 12.1 Å². The summed E-state index contributed by atoms with van der Waals surface area (Å²) >= 11 is 0. The monoisotopic (exact) mass is 187 g/mol. The van der Waals surface area contributed by atoms with Crippen LogP contribution in [0.4, 0.5) is 4.79 Å². The van der Waals surface area contributed by atoms with Gasteiger partial charge in [0, 0.05) is 5.70 Å². The van der Waals surface area contributed by atoms with Crippen LogP contribution in [0.3, 0.4) is 0 Å². The van der Waals surface area contributed by atoms with E-state index in [9.17, 15) is 9.59 Å². The highest BCUT2D eigenvalue weighted by Gasteiger charge is 2.08. The number of carbonyl (C=O) groups is 2. The van der Waals surface area contributed by atoms with Gasteiger partial charge in [-0.2, -0.15) is 0 Å². The van der Waals surface area contributed by atoms with Crippen molar-refractivity contribution in [1.29, 1.82) is 0 Å². The number of aliphatic carboxylic acids is 1. The Hall–Kier alpha value is -1.52. The van der Waals surface area contributed by atoms with Crippen molar-refractivity contribution < 1.29 is 19.4 Å². The summed E-state index contributed by atoms with van der Waals surface area (Å²) in [6.45, 7) is 4.83. The van der Waals surface area contributed by atoms with Gasteiger partial charge in [0.25, 0.3) is 0 Å². The minimum absolute atomic E-state index is 0.0908. The molecule has 0 aromatic heterocycles. The molecule has 0 rings (SSSR count). The van der Waals surface area contributed by atoms with Crippen LogP contribution >= 0.6 is 0 Å². The van der Waals surface area contributed by atoms with Crippen LogP contribution in [0.5, 0.6) is 0 Å². The van der Waals surface area contributed by atoms with Gasteiger partial charge in [-0.3, -0.25) is 5.32 Å². The maximum atomic E-state index is 10.8. The number of alkyl carbamates (subject to hydrolysis) is 1. The normalized spacial score (nSPS) is 11.6. The van der Waals surface area contributed by atoms with Crippen LogP contribution in [-0.2, 0) is 9.53 Å². The summed E-state index contributed by atoms with van der Waals surface area (Å²) in [5.74, 6) is -1.06. The molecule has 0 heterocycles. The molecule has 1 amide bonds. The minimum Gasteiger partial charge on any atom is -0.478 e. The summed E-state index contributed by atoms with van der Waals surface area (Å²) in [6.07, 6.45) is -0.638. The summed E-state index contributed by atoms with van der Waals surface area (Å²) in [7, 11) is 0. The van der Waals surface area contributed by atoms with Crippen LogP contribution in [0.2, 0.25) is 0 Å². The van der Waals surface area contributed by atoms with E-state index in [-0.39, 0.29) is 17.9 Å². The maximum Gasteiger partial charge on any atom is 0.411 e.